The molecule has 0 aromatic heterocycles. The SMILES string of the molecule is CSCC(C)CNS(=O)(=O)c1ccc(C(C)=O)cc1. The van der Waals surface area contributed by atoms with E-state index in [0.29, 0.717) is 12.1 Å². The molecule has 4 nitrogen and oxygen atoms in total. The third-order valence-corrected chi connectivity index (χ3v) is 4.99. The Hall–Kier alpha value is -0.850. The summed E-state index contributed by atoms with van der Waals surface area (Å²) in [5.74, 6) is 1.11. The average molecular weight is 301 g/mol. The van der Waals surface area contributed by atoms with E-state index in [0.717, 1.165) is 5.75 Å². The van der Waals surface area contributed by atoms with Crippen LogP contribution in [0.3, 0.4) is 0 Å². The van der Waals surface area contributed by atoms with Crippen LogP contribution in [0.15, 0.2) is 29.2 Å². The van der Waals surface area contributed by atoms with E-state index in [-0.39, 0.29) is 16.6 Å². The van der Waals surface area contributed by atoms with Gasteiger partial charge in [0.1, 0.15) is 0 Å². The van der Waals surface area contributed by atoms with Gasteiger partial charge in [0.15, 0.2) is 5.78 Å². The third-order valence-electron chi connectivity index (χ3n) is 2.64. The maximum Gasteiger partial charge on any atom is 0.240 e. The van der Waals surface area contributed by atoms with Gasteiger partial charge in [0.2, 0.25) is 10.0 Å². The number of hydrogen-bond acceptors (Lipinski definition) is 4. The lowest BCUT2D eigenvalue weighted by molar-refractivity contribution is 0.101. The fourth-order valence-corrected chi connectivity index (χ4v) is 3.40. The summed E-state index contributed by atoms with van der Waals surface area (Å²) in [5, 5.41) is 0. The molecule has 1 atom stereocenters. The van der Waals surface area contributed by atoms with Crippen molar-refractivity contribution < 1.29 is 13.2 Å². The van der Waals surface area contributed by atoms with Gasteiger partial charge < -0.3 is 0 Å². The molecule has 0 fully saturated rings. The Morgan fingerprint density at radius 1 is 1.32 bits per heavy atom. The van der Waals surface area contributed by atoms with Crippen LogP contribution in [0.1, 0.15) is 24.2 Å². The first-order chi connectivity index (χ1) is 8.86. The molecule has 19 heavy (non-hydrogen) atoms. The van der Waals surface area contributed by atoms with Gasteiger partial charge in [0, 0.05) is 12.1 Å². The first kappa shape index (κ1) is 16.2. The van der Waals surface area contributed by atoms with Gasteiger partial charge in [0.25, 0.3) is 0 Å². The van der Waals surface area contributed by atoms with E-state index in [1.165, 1.54) is 31.2 Å². The number of nitrogens with one attached hydrogen (secondary N) is 1. The number of rotatable bonds is 7. The molecule has 0 aliphatic carbocycles. The fourth-order valence-electron chi connectivity index (χ4n) is 1.55. The van der Waals surface area contributed by atoms with Gasteiger partial charge >= 0.3 is 0 Å². The van der Waals surface area contributed by atoms with Gasteiger partial charge in [0.05, 0.1) is 4.90 Å². The van der Waals surface area contributed by atoms with E-state index in [4.69, 9.17) is 0 Å². The zero-order valence-corrected chi connectivity index (χ0v) is 13.0. The van der Waals surface area contributed by atoms with Crippen LogP contribution in [-0.2, 0) is 10.0 Å². The van der Waals surface area contributed by atoms with Crippen LogP contribution in [0.25, 0.3) is 0 Å². The van der Waals surface area contributed by atoms with Crippen LogP contribution in [0.2, 0.25) is 0 Å². The molecule has 1 rings (SSSR count). The summed E-state index contributed by atoms with van der Waals surface area (Å²) in [6.07, 6.45) is 1.99. The summed E-state index contributed by atoms with van der Waals surface area (Å²) in [7, 11) is -3.49. The maximum absolute atomic E-state index is 12.0. The van der Waals surface area contributed by atoms with Gasteiger partial charge in [-0.15, -0.1) is 0 Å². The lowest BCUT2D eigenvalue weighted by Gasteiger charge is -2.11. The molecule has 1 unspecified atom stereocenters. The highest BCUT2D eigenvalue weighted by Gasteiger charge is 2.15. The number of carbonyl (C=O) groups excluding carboxylic acids is 1. The average Bonchev–Trinajstić information content (AvgIpc) is 2.37. The van der Waals surface area contributed by atoms with Crippen molar-refractivity contribution in [3.05, 3.63) is 29.8 Å². The van der Waals surface area contributed by atoms with Crippen LogP contribution in [0, 0.1) is 5.92 Å². The van der Waals surface area contributed by atoms with Crippen molar-refractivity contribution in [1.82, 2.24) is 4.72 Å². The smallest absolute Gasteiger partial charge is 0.240 e. The molecule has 0 heterocycles. The second-order valence-electron chi connectivity index (χ2n) is 4.49. The Bertz CT molecular complexity index is 523. The van der Waals surface area contributed by atoms with E-state index < -0.39 is 10.0 Å². The molecule has 0 bridgehead atoms. The highest BCUT2D eigenvalue weighted by atomic mass is 32.2. The van der Waals surface area contributed by atoms with Gasteiger partial charge in [-0.3, -0.25) is 4.79 Å². The molecule has 0 amide bonds. The molecular formula is C13H19NO3S2. The van der Waals surface area contributed by atoms with Crippen molar-refractivity contribution in [2.24, 2.45) is 5.92 Å². The first-order valence-electron chi connectivity index (χ1n) is 5.96. The maximum atomic E-state index is 12.0. The molecule has 1 aromatic carbocycles. The zero-order chi connectivity index (χ0) is 14.5. The monoisotopic (exact) mass is 301 g/mol. The summed E-state index contributed by atoms with van der Waals surface area (Å²) in [4.78, 5) is 11.3. The molecule has 6 heteroatoms. The minimum Gasteiger partial charge on any atom is -0.295 e. The molecule has 1 N–H and O–H groups in total. The predicted octanol–water partition coefficient (Wildman–Crippen LogP) is 2.17. The lowest BCUT2D eigenvalue weighted by atomic mass is 10.2. The summed E-state index contributed by atoms with van der Waals surface area (Å²) < 4.78 is 26.6. The molecule has 0 radical (unpaired) electrons. The molecule has 0 aliphatic rings. The quantitative estimate of drug-likeness (QED) is 0.784. The molecule has 0 saturated carbocycles. The molecule has 0 spiro atoms. The molecular weight excluding hydrogens is 282 g/mol. The number of ketones is 1. The number of hydrogen-bond donors (Lipinski definition) is 1. The minimum absolute atomic E-state index is 0.0782. The second kappa shape index (κ2) is 7.07. The van der Waals surface area contributed by atoms with Crippen LogP contribution >= 0.6 is 11.8 Å². The number of benzene rings is 1. The van der Waals surface area contributed by atoms with Gasteiger partial charge in [-0.25, -0.2) is 13.1 Å². The molecule has 1 aromatic rings. The second-order valence-corrected chi connectivity index (χ2v) is 7.17. The molecule has 0 aliphatic heterocycles. The van der Waals surface area contributed by atoms with E-state index in [9.17, 15) is 13.2 Å². The Kier molecular flexibility index (Phi) is 6.03. The van der Waals surface area contributed by atoms with Crippen LogP contribution < -0.4 is 4.72 Å². The van der Waals surface area contributed by atoms with Crippen molar-refractivity contribution >= 4 is 27.6 Å². The van der Waals surface area contributed by atoms with E-state index >= 15 is 0 Å². The fraction of sp³-hybridized carbons (Fsp3) is 0.462. The van der Waals surface area contributed by atoms with E-state index in [1.807, 2.05) is 13.2 Å². The van der Waals surface area contributed by atoms with Crippen molar-refractivity contribution in [2.75, 3.05) is 18.6 Å². The van der Waals surface area contributed by atoms with Gasteiger partial charge in [-0.05, 0) is 37.0 Å². The molecule has 0 saturated heterocycles. The summed E-state index contributed by atoms with van der Waals surface area (Å²) in [5.41, 5.74) is 0.509. The third kappa shape index (κ3) is 4.97. The number of carbonyl (C=O) groups is 1. The standard InChI is InChI=1S/C13H19NO3S2/c1-10(9-18-3)8-14-19(16,17)13-6-4-12(5-7-13)11(2)15/h4-7,10,14H,8-9H2,1-3H3. The largest absolute Gasteiger partial charge is 0.295 e. The van der Waals surface area contributed by atoms with Crippen molar-refractivity contribution in [1.29, 1.82) is 0 Å². The lowest BCUT2D eigenvalue weighted by Crippen LogP contribution is -2.29. The van der Waals surface area contributed by atoms with Gasteiger partial charge in [-0.2, -0.15) is 11.8 Å². The Morgan fingerprint density at radius 3 is 2.37 bits per heavy atom. The summed E-state index contributed by atoms with van der Waals surface area (Å²) in [6, 6.07) is 5.97. The van der Waals surface area contributed by atoms with Gasteiger partial charge in [-0.1, -0.05) is 19.1 Å². The Morgan fingerprint density at radius 2 is 1.89 bits per heavy atom. The number of Topliss-reactive ketones (excluding diaryl/α,β-unsaturated/α-hetero) is 1. The number of sulfonamides is 1. The van der Waals surface area contributed by atoms with Crippen molar-refractivity contribution in [3.63, 3.8) is 0 Å². The van der Waals surface area contributed by atoms with Crippen molar-refractivity contribution in [2.45, 2.75) is 18.7 Å². The van der Waals surface area contributed by atoms with Crippen LogP contribution in [0.4, 0.5) is 0 Å². The zero-order valence-electron chi connectivity index (χ0n) is 11.3. The normalized spacial score (nSPS) is 13.2. The minimum atomic E-state index is -3.49. The molecule has 106 valence electrons. The van der Waals surface area contributed by atoms with Crippen molar-refractivity contribution in [3.8, 4) is 0 Å². The van der Waals surface area contributed by atoms with Crippen LogP contribution in [-0.4, -0.2) is 32.8 Å². The first-order valence-corrected chi connectivity index (χ1v) is 8.84. The van der Waals surface area contributed by atoms with E-state index in [2.05, 4.69) is 4.72 Å². The summed E-state index contributed by atoms with van der Waals surface area (Å²) >= 11 is 1.69. The Labute approximate surface area is 119 Å². The topological polar surface area (TPSA) is 63.2 Å². The highest BCUT2D eigenvalue weighted by molar-refractivity contribution is 7.98. The Balaban J connectivity index is 2.74. The summed E-state index contributed by atoms with van der Waals surface area (Å²) in [6.45, 7) is 3.86. The van der Waals surface area contributed by atoms with Crippen LogP contribution in [0.5, 0.6) is 0 Å². The highest BCUT2D eigenvalue weighted by Crippen LogP contribution is 2.12. The predicted molar refractivity (Wildman–Crippen MR) is 79.2 cm³/mol. The van der Waals surface area contributed by atoms with E-state index in [1.54, 1.807) is 11.8 Å². The number of thioether (sulfide) groups is 1.